The van der Waals surface area contributed by atoms with Gasteiger partial charge < -0.3 is 10.6 Å². The fraction of sp³-hybridized carbons (Fsp3) is 0.294. The molecule has 2 aromatic rings. The van der Waals surface area contributed by atoms with Crippen molar-refractivity contribution in [3.8, 4) is 11.1 Å². The van der Waals surface area contributed by atoms with E-state index in [4.69, 9.17) is 5.73 Å². The maximum Gasteiger partial charge on any atom is 0.227 e. The summed E-state index contributed by atoms with van der Waals surface area (Å²) in [4.78, 5) is 18.0. The number of pyridine rings is 1. The Morgan fingerprint density at radius 3 is 2.81 bits per heavy atom. The van der Waals surface area contributed by atoms with Crippen molar-refractivity contribution in [2.24, 2.45) is 0 Å². The standard InChI is InChI=1S/C17H19N3O/c1-3-20-16-10-15(18)14(9-13(16)4-5-17(20)21)12-6-7-19-11(2)8-12/h6-10H,3-5,18H2,1-2H3. The second kappa shape index (κ2) is 5.20. The molecule has 2 N–H and O–H groups in total. The van der Waals surface area contributed by atoms with E-state index in [0.717, 1.165) is 28.9 Å². The first kappa shape index (κ1) is 13.6. The van der Waals surface area contributed by atoms with Gasteiger partial charge in [-0.15, -0.1) is 0 Å². The molecule has 4 nitrogen and oxygen atoms in total. The number of amides is 1. The highest BCUT2D eigenvalue weighted by atomic mass is 16.2. The summed E-state index contributed by atoms with van der Waals surface area (Å²) in [7, 11) is 0. The van der Waals surface area contributed by atoms with Crippen LogP contribution >= 0.6 is 0 Å². The lowest BCUT2D eigenvalue weighted by Gasteiger charge is -2.29. The summed E-state index contributed by atoms with van der Waals surface area (Å²) in [6.07, 6.45) is 3.15. The number of carbonyl (C=O) groups is 1. The Balaban J connectivity index is 2.12. The van der Waals surface area contributed by atoms with Crippen LogP contribution in [0.25, 0.3) is 11.1 Å². The molecule has 0 spiro atoms. The molecule has 0 fully saturated rings. The zero-order valence-electron chi connectivity index (χ0n) is 12.4. The van der Waals surface area contributed by atoms with Crippen LogP contribution in [0.2, 0.25) is 0 Å². The molecule has 1 aromatic heterocycles. The molecule has 0 unspecified atom stereocenters. The Morgan fingerprint density at radius 1 is 1.29 bits per heavy atom. The van der Waals surface area contributed by atoms with Crippen molar-refractivity contribution >= 4 is 17.3 Å². The third kappa shape index (κ3) is 2.37. The van der Waals surface area contributed by atoms with Gasteiger partial charge in [-0.05, 0) is 55.7 Å². The molecule has 1 aromatic carbocycles. The third-order valence-electron chi connectivity index (χ3n) is 3.97. The molecule has 2 heterocycles. The number of nitrogens with zero attached hydrogens (tertiary/aromatic N) is 2. The van der Waals surface area contributed by atoms with Gasteiger partial charge in [-0.25, -0.2) is 0 Å². The number of benzene rings is 1. The maximum atomic E-state index is 12.0. The first-order valence-corrected chi connectivity index (χ1v) is 7.26. The minimum Gasteiger partial charge on any atom is -0.398 e. The third-order valence-corrected chi connectivity index (χ3v) is 3.97. The molecule has 21 heavy (non-hydrogen) atoms. The predicted octanol–water partition coefficient (Wildman–Crippen LogP) is 2.94. The Labute approximate surface area is 124 Å². The molecular weight excluding hydrogens is 262 g/mol. The van der Waals surface area contributed by atoms with Crippen LogP contribution < -0.4 is 10.6 Å². The van der Waals surface area contributed by atoms with Gasteiger partial charge in [-0.3, -0.25) is 9.78 Å². The van der Waals surface area contributed by atoms with E-state index in [-0.39, 0.29) is 5.91 Å². The van der Waals surface area contributed by atoms with Crippen LogP contribution in [0.5, 0.6) is 0 Å². The molecule has 0 radical (unpaired) electrons. The lowest BCUT2D eigenvalue weighted by atomic mass is 9.94. The molecule has 1 aliphatic rings. The van der Waals surface area contributed by atoms with Crippen LogP contribution in [0, 0.1) is 6.92 Å². The van der Waals surface area contributed by atoms with Gasteiger partial charge in [0.05, 0.1) is 0 Å². The number of carbonyl (C=O) groups excluding carboxylic acids is 1. The Hall–Kier alpha value is -2.36. The van der Waals surface area contributed by atoms with Crippen molar-refractivity contribution in [1.29, 1.82) is 0 Å². The average molecular weight is 281 g/mol. The SMILES string of the molecule is CCN1C(=O)CCc2cc(-c3ccnc(C)c3)c(N)cc21. The highest BCUT2D eigenvalue weighted by Gasteiger charge is 2.24. The van der Waals surface area contributed by atoms with E-state index in [1.54, 1.807) is 6.20 Å². The highest BCUT2D eigenvalue weighted by molar-refractivity contribution is 5.98. The summed E-state index contributed by atoms with van der Waals surface area (Å²) in [5.74, 6) is 0.178. The molecule has 0 aliphatic carbocycles. The minimum absolute atomic E-state index is 0.178. The van der Waals surface area contributed by atoms with Gasteiger partial charge in [0.2, 0.25) is 5.91 Å². The van der Waals surface area contributed by atoms with Gasteiger partial charge in [-0.1, -0.05) is 0 Å². The van der Waals surface area contributed by atoms with Gasteiger partial charge >= 0.3 is 0 Å². The lowest BCUT2D eigenvalue weighted by Crippen LogP contribution is -2.34. The van der Waals surface area contributed by atoms with Crippen LogP contribution in [-0.2, 0) is 11.2 Å². The number of rotatable bonds is 2. The van der Waals surface area contributed by atoms with Crippen LogP contribution in [0.3, 0.4) is 0 Å². The molecule has 3 rings (SSSR count). The molecule has 0 atom stereocenters. The first-order chi connectivity index (χ1) is 10.1. The number of hydrogen-bond acceptors (Lipinski definition) is 3. The van der Waals surface area contributed by atoms with Crippen molar-refractivity contribution in [1.82, 2.24) is 4.98 Å². The number of nitrogen functional groups attached to an aromatic ring is 1. The predicted molar refractivity (Wildman–Crippen MR) is 85.2 cm³/mol. The largest absolute Gasteiger partial charge is 0.398 e. The van der Waals surface area contributed by atoms with Crippen molar-refractivity contribution in [3.63, 3.8) is 0 Å². The molecule has 0 bridgehead atoms. The van der Waals surface area contributed by atoms with Crippen LogP contribution in [0.15, 0.2) is 30.5 Å². The summed E-state index contributed by atoms with van der Waals surface area (Å²) < 4.78 is 0. The van der Waals surface area contributed by atoms with E-state index < -0.39 is 0 Å². The number of hydrogen-bond donors (Lipinski definition) is 1. The summed E-state index contributed by atoms with van der Waals surface area (Å²) in [6.45, 7) is 4.64. The molecule has 1 amide bonds. The summed E-state index contributed by atoms with van der Waals surface area (Å²) in [5, 5.41) is 0. The van der Waals surface area contributed by atoms with E-state index in [9.17, 15) is 4.79 Å². The number of nitrogens with two attached hydrogens (primary N) is 1. The zero-order chi connectivity index (χ0) is 15.0. The summed E-state index contributed by atoms with van der Waals surface area (Å²) in [6, 6.07) is 8.05. The molecule has 4 heteroatoms. The quantitative estimate of drug-likeness (QED) is 0.861. The van der Waals surface area contributed by atoms with Crippen molar-refractivity contribution in [3.05, 3.63) is 41.7 Å². The Kier molecular flexibility index (Phi) is 3.37. The fourth-order valence-corrected chi connectivity index (χ4v) is 2.92. The number of anilines is 2. The monoisotopic (exact) mass is 281 g/mol. The van der Waals surface area contributed by atoms with E-state index in [1.165, 1.54) is 5.56 Å². The second-order valence-electron chi connectivity index (χ2n) is 5.39. The van der Waals surface area contributed by atoms with Crippen molar-refractivity contribution in [2.45, 2.75) is 26.7 Å². The molecule has 108 valence electrons. The van der Waals surface area contributed by atoms with Crippen molar-refractivity contribution in [2.75, 3.05) is 17.2 Å². The zero-order valence-corrected chi connectivity index (χ0v) is 12.4. The normalized spacial score (nSPS) is 14.2. The fourth-order valence-electron chi connectivity index (χ4n) is 2.92. The Morgan fingerprint density at radius 2 is 2.10 bits per heavy atom. The molecule has 0 saturated heterocycles. The van der Waals surface area contributed by atoms with E-state index >= 15 is 0 Å². The van der Waals surface area contributed by atoms with Gasteiger partial charge in [-0.2, -0.15) is 0 Å². The first-order valence-electron chi connectivity index (χ1n) is 7.26. The van der Waals surface area contributed by atoms with Gasteiger partial charge in [0.15, 0.2) is 0 Å². The minimum atomic E-state index is 0.178. The summed E-state index contributed by atoms with van der Waals surface area (Å²) >= 11 is 0. The van der Waals surface area contributed by atoms with Crippen molar-refractivity contribution < 1.29 is 4.79 Å². The highest BCUT2D eigenvalue weighted by Crippen LogP contribution is 2.36. The number of fused-ring (bicyclic) bond motifs is 1. The molecule has 0 saturated carbocycles. The van der Waals surface area contributed by atoms with Gasteiger partial charge in [0, 0.05) is 41.8 Å². The van der Waals surface area contributed by atoms with Crippen LogP contribution in [-0.4, -0.2) is 17.4 Å². The number of aryl methyl sites for hydroxylation is 2. The maximum absolute atomic E-state index is 12.0. The van der Waals surface area contributed by atoms with E-state index in [1.807, 2.05) is 36.9 Å². The van der Waals surface area contributed by atoms with Gasteiger partial charge in [0.25, 0.3) is 0 Å². The summed E-state index contributed by atoms with van der Waals surface area (Å²) in [5.41, 5.74) is 12.1. The van der Waals surface area contributed by atoms with Crippen LogP contribution in [0.1, 0.15) is 24.6 Å². The molecular formula is C17H19N3O. The van der Waals surface area contributed by atoms with E-state index in [2.05, 4.69) is 11.1 Å². The Bertz CT molecular complexity index is 709. The van der Waals surface area contributed by atoms with E-state index in [0.29, 0.717) is 18.7 Å². The second-order valence-corrected chi connectivity index (χ2v) is 5.39. The lowest BCUT2D eigenvalue weighted by molar-refractivity contribution is -0.118. The molecule has 1 aliphatic heterocycles. The smallest absolute Gasteiger partial charge is 0.227 e. The van der Waals surface area contributed by atoms with Crippen LogP contribution in [0.4, 0.5) is 11.4 Å². The average Bonchev–Trinajstić information content (AvgIpc) is 2.46. The topological polar surface area (TPSA) is 59.2 Å². The van der Waals surface area contributed by atoms with Gasteiger partial charge in [0.1, 0.15) is 0 Å². The number of aromatic nitrogens is 1.